The largest absolute Gasteiger partial charge is 0.508 e. The third kappa shape index (κ3) is 3.39. The van der Waals surface area contributed by atoms with E-state index in [0.29, 0.717) is 18.4 Å². The maximum atomic E-state index is 12.8. The van der Waals surface area contributed by atoms with Gasteiger partial charge in [0.05, 0.1) is 0 Å². The first kappa shape index (κ1) is 19.2. The van der Waals surface area contributed by atoms with Gasteiger partial charge in [-0.05, 0) is 74.2 Å². The number of nitrogens with zero attached hydrogens (tertiary/aromatic N) is 1. The fraction of sp³-hybridized carbons (Fsp3) is 0.636. The Morgan fingerprint density at radius 1 is 1.39 bits per heavy atom. The van der Waals surface area contributed by atoms with Crippen molar-refractivity contribution < 1.29 is 14.7 Å². The third-order valence-corrected chi connectivity index (χ3v) is 7.29. The van der Waals surface area contributed by atoms with Crippen LogP contribution >= 0.6 is 0 Å². The van der Waals surface area contributed by atoms with Crippen LogP contribution in [0.2, 0.25) is 0 Å². The van der Waals surface area contributed by atoms with E-state index in [4.69, 9.17) is 5.73 Å². The maximum absolute atomic E-state index is 12.8. The van der Waals surface area contributed by atoms with Gasteiger partial charge in [-0.2, -0.15) is 0 Å². The van der Waals surface area contributed by atoms with Gasteiger partial charge in [-0.1, -0.05) is 13.0 Å². The fourth-order valence-corrected chi connectivity index (χ4v) is 5.39. The molecule has 2 aliphatic carbocycles. The lowest BCUT2D eigenvalue weighted by molar-refractivity contribution is -0.129. The van der Waals surface area contributed by atoms with Crippen molar-refractivity contribution in [2.45, 2.75) is 63.5 Å². The number of rotatable bonds is 6. The zero-order valence-electron chi connectivity index (χ0n) is 16.8. The maximum Gasteiger partial charge on any atom is 0.239 e. The highest BCUT2D eigenvalue weighted by Gasteiger charge is 2.52. The highest BCUT2D eigenvalue weighted by atomic mass is 16.3. The van der Waals surface area contributed by atoms with Crippen LogP contribution in [0, 0.1) is 11.8 Å². The minimum atomic E-state index is -0.683. The Morgan fingerprint density at radius 3 is 2.82 bits per heavy atom. The molecule has 1 saturated heterocycles. The monoisotopic (exact) mass is 385 g/mol. The van der Waals surface area contributed by atoms with E-state index < -0.39 is 11.9 Å². The van der Waals surface area contributed by atoms with E-state index in [-0.39, 0.29) is 17.1 Å². The third-order valence-electron chi connectivity index (χ3n) is 7.29. The van der Waals surface area contributed by atoms with Crippen LogP contribution in [0.3, 0.4) is 0 Å². The molecule has 0 spiro atoms. The number of likely N-dealkylation sites (tertiary alicyclic amines) is 1. The number of fused-ring (bicyclic) bond motifs is 4. The molecular formula is C22H31N3O3. The molecule has 0 aromatic heterocycles. The Hall–Kier alpha value is -2.08. The van der Waals surface area contributed by atoms with E-state index in [0.717, 1.165) is 37.4 Å². The lowest BCUT2D eigenvalue weighted by Gasteiger charge is -2.56. The number of nitrogens with one attached hydrogen (secondary N) is 1. The van der Waals surface area contributed by atoms with Crippen molar-refractivity contribution in [3.05, 3.63) is 29.3 Å². The molecule has 4 unspecified atom stereocenters. The van der Waals surface area contributed by atoms with Gasteiger partial charge in [0.1, 0.15) is 11.8 Å². The zero-order chi connectivity index (χ0) is 20.1. The van der Waals surface area contributed by atoms with Crippen molar-refractivity contribution in [1.82, 2.24) is 10.2 Å². The lowest BCUT2D eigenvalue weighted by Crippen LogP contribution is -2.60. The van der Waals surface area contributed by atoms with Gasteiger partial charge in [0, 0.05) is 24.4 Å². The number of phenolic OH excluding ortho intramolecular Hbond substituents is 1. The van der Waals surface area contributed by atoms with Gasteiger partial charge in [0.25, 0.3) is 0 Å². The number of hydrogen-bond donors (Lipinski definition) is 3. The van der Waals surface area contributed by atoms with Crippen LogP contribution in [0.25, 0.3) is 0 Å². The number of carbonyl (C=O) groups excluding carboxylic acids is 2. The van der Waals surface area contributed by atoms with Gasteiger partial charge < -0.3 is 16.2 Å². The molecule has 2 bridgehead atoms. The summed E-state index contributed by atoms with van der Waals surface area (Å²) in [4.78, 5) is 26.8. The molecule has 4 rings (SSSR count). The summed E-state index contributed by atoms with van der Waals surface area (Å²) in [5, 5.41) is 12.9. The lowest BCUT2D eigenvalue weighted by atomic mass is 9.56. The molecule has 1 saturated carbocycles. The number of aromatic hydroxyl groups is 1. The molecule has 0 radical (unpaired) electrons. The van der Waals surface area contributed by atoms with Crippen molar-refractivity contribution in [2.75, 3.05) is 13.1 Å². The van der Waals surface area contributed by atoms with E-state index in [2.05, 4.69) is 17.1 Å². The average molecular weight is 386 g/mol. The Bertz CT molecular complexity index is 791. The number of phenols is 1. The quantitative estimate of drug-likeness (QED) is 0.694. The van der Waals surface area contributed by atoms with E-state index in [1.54, 1.807) is 13.0 Å². The molecule has 1 aromatic rings. The summed E-state index contributed by atoms with van der Waals surface area (Å²) in [6.45, 7) is 5.99. The molecule has 2 fully saturated rings. The van der Waals surface area contributed by atoms with Crippen molar-refractivity contribution >= 4 is 11.8 Å². The van der Waals surface area contributed by atoms with Gasteiger partial charge in [-0.25, -0.2) is 0 Å². The number of nitrogens with two attached hydrogens (primary N) is 1. The van der Waals surface area contributed by atoms with Crippen molar-refractivity contribution in [1.29, 1.82) is 0 Å². The second-order valence-corrected chi connectivity index (χ2v) is 9.11. The minimum absolute atomic E-state index is 0.149. The summed E-state index contributed by atoms with van der Waals surface area (Å²) < 4.78 is 0. The number of carbonyl (C=O) groups is 2. The summed E-state index contributed by atoms with van der Waals surface area (Å²) in [5.74, 6) is 0.695. The second kappa shape index (κ2) is 7.07. The normalized spacial score (nSPS) is 30.4. The average Bonchev–Trinajstić information content (AvgIpc) is 3.44. The summed E-state index contributed by atoms with van der Waals surface area (Å²) in [6.07, 6.45) is 4.83. The Morgan fingerprint density at radius 2 is 2.14 bits per heavy atom. The van der Waals surface area contributed by atoms with Crippen molar-refractivity contribution in [3.8, 4) is 5.75 Å². The minimum Gasteiger partial charge on any atom is -0.508 e. The SMILES string of the molecule is CC(NC(=O)CC12CCN(CC3CC3)C(Cc3ccc(O)cc31)C2C)C(N)=O. The second-order valence-electron chi connectivity index (χ2n) is 9.11. The molecule has 2 amide bonds. The number of amides is 2. The summed E-state index contributed by atoms with van der Waals surface area (Å²) in [5.41, 5.74) is 7.33. The summed E-state index contributed by atoms with van der Waals surface area (Å²) in [7, 11) is 0. The van der Waals surface area contributed by atoms with E-state index in [1.165, 1.54) is 18.4 Å². The van der Waals surface area contributed by atoms with Crippen LogP contribution in [0.4, 0.5) is 0 Å². The molecule has 6 heteroatoms. The van der Waals surface area contributed by atoms with Crippen LogP contribution < -0.4 is 11.1 Å². The topological polar surface area (TPSA) is 95.7 Å². The number of piperidine rings is 1. The number of hydrogen-bond acceptors (Lipinski definition) is 4. The van der Waals surface area contributed by atoms with Gasteiger partial charge in [0.2, 0.25) is 11.8 Å². The Labute approximate surface area is 166 Å². The van der Waals surface area contributed by atoms with E-state index in [9.17, 15) is 14.7 Å². The predicted molar refractivity (Wildman–Crippen MR) is 107 cm³/mol. The van der Waals surface area contributed by atoms with Crippen molar-refractivity contribution in [3.63, 3.8) is 0 Å². The van der Waals surface area contributed by atoms with Crippen LogP contribution in [-0.2, 0) is 21.4 Å². The predicted octanol–water partition coefficient (Wildman–Crippen LogP) is 1.69. The van der Waals surface area contributed by atoms with Gasteiger partial charge in [-0.3, -0.25) is 14.5 Å². The fourth-order valence-electron chi connectivity index (χ4n) is 5.39. The number of benzene rings is 1. The Kier molecular flexibility index (Phi) is 4.86. The van der Waals surface area contributed by atoms with Crippen LogP contribution in [0.15, 0.2) is 18.2 Å². The number of primary amides is 1. The molecule has 3 aliphatic rings. The first-order chi connectivity index (χ1) is 13.3. The molecule has 4 N–H and O–H groups in total. The summed E-state index contributed by atoms with van der Waals surface area (Å²) >= 11 is 0. The highest BCUT2D eigenvalue weighted by Crippen LogP contribution is 2.52. The van der Waals surface area contributed by atoms with Gasteiger partial charge >= 0.3 is 0 Å². The molecule has 4 atom stereocenters. The molecule has 152 valence electrons. The molecule has 28 heavy (non-hydrogen) atoms. The van der Waals surface area contributed by atoms with Crippen LogP contribution in [-0.4, -0.2) is 47.0 Å². The summed E-state index contributed by atoms with van der Waals surface area (Å²) in [6, 6.07) is 5.34. The molecule has 1 aromatic carbocycles. The standard InChI is InChI=1S/C22H31N3O3/c1-13-19-9-16-5-6-17(26)10-18(16)22(13,7-8-25(19)12-15-3-4-15)11-20(27)24-14(2)21(23)28/h5-6,10,13-15,19,26H,3-4,7-9,11-12H2,1-2H3,(H2,23,28)(H,24,27). The molecule has 1 heterocycles. The molecular weight excluding hydrogens is 354 g/mol. The first-order valence-electron chi connectivity index (χ1n) is 10.5. The van der Waals surface area contributed by atoms with Gasteiger partial charge in [0.15, 0.2) is 0 Å². The van der Waals surface area contributed by atoms with E-state index >= 15 is 0 Å². The first-order valence-corrected chi connectivity index (χ1v) is 10.5. The zero-order valence-corrected chi connectivity index (χ0v) is 16.8. The highest BCUT2D eigenvalue weighted by molar-refractivity contribution is 5.86. The Balaban J connectivity index is 1.65. The van der Waals surface area contributed by atoms with Crippen LogP contribution in [0.5, 0.6) is 5.75 Å². The van der Waals surface area contributed by atoms with Crippen LogP contribution in [0.1, 0.15) is 50.7 Å². The molecule has 1 aliphatic heterocycles. The van der Waals surface area contributed by atoms with E-state index in [1.807, 2.05) is 12.1 Å². The smallest absolute Gasteiger partial charge is 0.239 e. The van der Waals surface area contributed by atoms with Gasteiger partial charge in [-0.15, -0.1) is 0 Å². The van der Waals surface area contributed by atoms with Crippen molar-refractivity contribution in [2.24, 2.45) is 17.6 Å². The molecule has 6 nitrogen and oxygen atoms in total.